The first-order valence-corrected chi connectivity index (χ1v) is 7.84. The number of carbonyl (C=O) groups excluding carboxylic acids is 2. The van der Waals surface area contributed by atoms with E-state index in [0.717, 1.165) is 35.3 Å². The summed E-state index contributed by atoms with van der Waals surface area (Å²) in [6, 6.07) is 0. The molecule has 0 aliphatic carbocycles. The van der Waals surface area contributed by atoms with Gasteiger partial charge in [-0.1, -0.05) is 32.5 Å². The third-order valence-corrected chi connectivity index (χ3v) is 4.46. The van der Waals surface area contributed by atoms with Crippen molar-refractivity contribution in [1.29, 1.82) is 0 Å². The van der Waals surface area contributed by atoms with Crippen molar-refractivity contribution in [2.75, 3.05) is 33.8 Å². The van der Waals surface area contributed by atoms with Gasteiger partial charge in [0.1, 0.15) is 0 Å². The number of hydrogen-bond acceptors (Lipinski definition) is 5. The maximum absolute atomic E-state index is 12.2. The van der Waals surface area contributed by atoms with Gasteiger partial charge in [0.25, 0.3) is 0 Å². The molecule has 0 rings (SSSR count). The Morgan fingerprint density at radius 3 is 2.19 bits per heavy atom. The van der Waals surface area contributed by atoms with E-state index in [0.29, 0.717) is 13.0 Å². The lowest BCUT2D eigenvalue weighted by Crippen LogP contribution is -2.30. The summed E-state index contributed by atoms with van der Waals surface area (Å²) in [5, 5.41) is 9.23. The molecule has 1 amide bonds. The zero-order chi connectivity index (χ0) is 16.6. The molecule has 0 unspecified atom stereocenters. The highest BCUT2D eigenvalue weighted by molar-refractivity contribution is 8.17. The molecule has 0 heterocycles. The topological polar surface area (TPSA) is 60.9 Å². The van der Waals surface area contributed by atoms with Gasteiger partial charge in [-0.05, 0) is 21.0 Å². The quantitative estimate of drug-likeness (QED) is 0.693. The molecule has 0 aromatic rings. The molecule has 6 heteroatoms. The van der Waals surface area contributed by atoms with Gasteiger partial charge < -0.3 is 14.9 Å². The number of amides is 1. The first-order valence-electron chi connectivity index (χ1n) is 7.03. The molecule has 1 N–H and O–H groups in total. The normalized spacial score (nSPS) is 13.1. The van der Waals surface area contributed by atoms with Crippen LogP contribution < -0.4 is 0 Å². The van der Waals surface area contributed by atoms with Crippen molar-refractivity contribution in [3.05, 3.63) is 10.6 Å². The van der Waals surface area contributed by atoms with Crippen LogP contribution in [0.3, 0.4) is 0 Å². The zero-order valence-electron chi connectivity index (χ0n) is 14.0. The Hall–Kier alpha value is -0.850. The third-order valence-electron chi connectivity index (χ3n) is 2.92. The van der Waals surface area contributed by atoms with E-state index in [9.17, 15) is 14.7 Å². The first kappa shape index (κ1) is 20.1. The predicted octanol–water partition coefficient (Wildman–Crippen LogP) is 1.93. The molecule has 122 valence electrons. The van der Waals surface area contributed by atoms with E-state index in [4.69, 9.17) is 0 Å². The minimum Gasteiger partial charge on any atom is -0.396 e. The van der Waals surface area contributed by atoms with Gasteiger partial charge in [-0.2, -0.15) is 0 Å². The third kappa shape index (κ3) is 7.64. The Kier molecular flexibility index (Phi) is 8.85. The molecule has 21 heavy (non-hydrogen) atoms. The van der Waals surface area contributed by atoms with E-state index < -0.39 is 5.41 Å². The first-order chi connectivity index (χ1) is 9.63. The summed E-state index contributed by atoms with van der Waals surface area (Å²) in [5.41, 5.74) is 0.282. The number of rotatable bonds is 8. The lowest BCUT2D eigenvalue weighted by Gasteiger charge is -2.24. The van der Waals surface area contributed by atoms with Crippen molar-refractivity contribution in [1.82, 2.24) is 9.80 Å². The van der Waals surface area contributed by atoms with Crippen LogP contribution in [0.25, 0.3) is 0 Å². The lowest BCUT2D eigenvalue weighted by atomic mass is 10.00. The van der Waals surface area contributed by atoms with Crippen LogP contribution in [0, 0.1) is 5.41 Å². The summed E-state index contributed by atoms with van der Waals surface area (Å²) in [4.78, 5) is 27.8. The van der Waals surface area contributed by atoms with Gasteiger partial charge in [-0.25, -0.2) is 0 Å². The number of aliphatic hydroxyl groups excluding tert-OH is 1. The number of nitrogens with zero attached hydrogens (tertiary/aromatic N) is 2. The SMILES string of the molecule is C/C(=C(\CCO)SC(=O)C(C)(C)C)N(C=O)CCN(C)C. The second-order valence-electron chi connectivity index (χ2n) is 6.22. The molecular formula is C15H28N2O3S. The molecule has 0 radical (unpaired) electrons. The van der Waals surface area contributed by atoms with Crippen molar-refractivity contribution in [2.24, 2.45) is 5.41 Å². The maximum atomic E-state index is 12.2. The largest absolute Gasteiger partial charge is 0.396 e. The lowest BCUT2D eigenvalue weighted by molar-refractivity contribution is -0.118. The van der Waals surface area contributed by atoms with Crippen LogP contribution in [0.4, 0.5) is 0 Å². The highest BCUT2D eigenvalue weighted by atomic mass is 32.2. The second-order valence-corrected chi connectivity index (χ2v) is 7.29. The molecule has 0 aliphatic rings. The summed E-state index contributed by atoms with van der Waals surface area (Å²) in [7, 11) is 3.88. The smallest absolute Gasteiger partial charge is 0.213 e. The number of likely N-dealkylation sites (N-methyl/N-ethyl adjacent to an activating group) is 1. The minimum absolute atomic E-state index is 0.0313. The van der Waals surface area contributed by atoms with E-state index in [1.807, 2.05) is 46.7 Å². The number of allylic oxidation sites excluding steroid dienone is 1. The Morgan fingerprint density at radius 2 is 1.81 bits per heavy atom. The fraction of sp³-hybridized carbons (Fsp3) is 0.733. The summed E-state index contributed by atoms with van der Waals surface area (Å²) in [6.07, 6.45) is 1.16. The van der Waals surface area contributed by atoms with Crippen molar-refractivity contribution in [3.8, 4) is 0 Å². The van der Waals surface area contributed by atoms with Gasteiger partial charge >= 0.3 is 0 Å². The van der Waals surface area contributed by atoms with E-state index in [1.165, 1.54) is 0 Å². The molecule has 0 bridgehead atoms. The van der Waals surface area contributed by atoms with E-state index in [1.54, 1.807) is 4.90 Å². The number of carbonyl (C=O) groups is 2. The Balaban J connectivity index is 5.16. The highest BCUT2D eigenvalue weighted by Crippen LogP contribution is 2.32. The molecule has 0 aromatic carbocycles. The van der Waals surface area contributed by atoms with Crippen LogP contribution in [0.1, 0.15) is 34.1 Å². The van der Waals surface area contributed by atoms with Gasteiger partial charge in [0.05, 0.1) is 0 Å². The Bertz CT molecular complexity index is 387. The molecule has 0 fully saturated rings. The number of hydrogen-bond donors (Lipinski definition) is 1. The van der Waals surface area contributed by atoms with Crippen LogP contribution >= 0.6 is 11.8 Å². The average Bonchev–Trinajstić information content (AvgIpc) is 2.37. The van der Waals surface area contributed by atoms with Crippen LogP contribution in [0.5, 0.6) is 0 Å². The Labute approximate surface area is 132 Å². The monoisotopic (exact) mass is 316 g/mol. The number of thioether (sulfide) groups is 1. The summed E-state index contributed by atoms with van der Waals surface area (Å²) >= 11 is 1.13. The molecule has 0 spiro atoms. The van der Waals surface area contributed by atoms with Gasteiger partial charge in [0, 0.05) is 42.1 Å². The van der Waals surface area contributed by atoms with Gasteiger partial charge in [-0.15, -0.1) is 0 Å². The van der Waals surface area contributed by atoms with Gasteiger partial charge in [0.15, 0.2) is 5.12 Å². The molecular weight excluding hydrogens is 288 g/mol. The van der Waals surface area contributed by atoms with E-state index in [-0.39, 0.29) is 11.7 Å². The summed E-state index contributed by atoms with van der Waals surface area (Å²) in [6.45, 7) is 8.64. The van der Waals surface area contributed by atoms with Crippen molar-refractivity contribution in [2.45, 2.75) is 34.1 Å². The van der Waals surface area contributed by atoms with Crippen molar-refractivity contribution < 1.29 is 14.7 Å². The van der Waals surface area contributed by atoms with Gasteiger partial charge in [0.2, 0.25) is 6.41 Å². The van der Waals surface area contributed by atoms with Crippen LogP contribution in [-0.2, 0) is 9.59 Å². The second kappa shape index (κ2) is 9.23. The Morgan fingerprint density at radius 1 is 1.24 bits per heavy atom. The maximum Gasteiger partial charge on any atom is 0.213 e. The molecule has 0 saturated carbocycles. The van der Waals surface area contributed by atoms with Crippen molar-refractivity contribution >= 4 is 23.3 Å². The van der Waals surface area contributed by atoms with Crippen LogP contribution in [0.2, 0.25) is 0 Å². The van der Waals surface area contributed by atoms with E-state index >= 15 is 0 Å². The van der Waals surface area contributed by atoms with Crippen LogP contribution in [0.15, 0.2) is 10.6 Å². The molecule has 0 aliphatic heterocycles. The zero-order valence-corrected chi connectivity index (χ0v) is 14.8. The van der Waals surface area contributed by atoms with Crippen molar-refractivity contribution in [3.63, 3.8) is 0 Å². The fourth-order valence-corrected chi connectivity index (χ4v) is 2.43. The standard InChI is InChI=1S/C15H28N2O3S/c1-12(17(11-19)9-8-16(5)6)13(7-10-18)21-14(20)15(2,3)4/h11,18H,7-10H2,1-6H3/b13-12-. The predicted molar refractivity (Wildman–Crippen MR) is 87.8 cm³/mol. The van der Waals surface area contributed by atoms with E-state index in [2.05, 4.69) is 0 Å². The molecule has 0 atom stereocenters. The number of aliphatic hydroxyl groups is 1. The van der Waals surface area contributed by atoms with Crippen LogP contribution in [-0.4, -0.2) is 60.2 Å². The molecule has 0 aromatic heterocycles. The summed E-state index contributed by atoms with van der Waals surface area (Å²) in [5.74, 6) is 0. The molecule has 0 saturated heterocycles. The average molecular weight is 316 g/mol. The van der Waals surface area contributed by atoms with Gasteiger partial charge in [-0.3, -0.25) is 9.59 Å². The highest BCUT2D eigenvalue weighted by Gasteiger charge is 2.24. The molecule has 5 nitrogen and oxygen atoms in total. The fourth-order valence-electron chi connectivity index (χ4n) is 1.44. The summed E-state index contributed by atoms with van der Waals surface area (Å²) < 4.78 is 0. The minimum atomic E-state index is -0.457.